The second-order valence-corrected chi connectivity index (χ2v) is 9.36. The van der Waals surface area contributed by atoms with Crippen LogP contribution >= 0.6 is 69.6 Å². The Hall–Kier alpha value is -2.19. The van der Waals surface area contributed by atoms with Crippen molar-refractivity contribution in [2.24, 2.45) is 0 Å². The summed E-state index contributed by atoms with van der Waals surface area (Å²) in [5.74, 6) is 0. The van der Waals surface area contributed by atoms with Gasteiger partial charge >= 0.3 is 17.1 Å². The molecule has 0 atom stereocenters. The summed E-state index contributed by atoms with van der Waals surface area (Å²) in [6.45, 7) is 0. The predicted octanol–water partition coefficient (Wildman–Crippen LogP) is 6.06. The van der Waals surface area contributed by atoms with Gasteiger partial charge in [0.2, 0.25) is 0 Å². The molecular weight excluding hydrogens is 555 g/mol. The molecule has 33 heavy (non-hydrogen) atoms. The lowest BCUT2D eigenvalue weighted by molar-refractivity contribution is 0.660. The summed E-state index contributed by atoms with van der Waals surface area (Å²) < 4.78 is 2.22. The third-order valence-electron chi connectivity index (χ3n) is 4.46. The minimum atomic E-state index is -0.994. The molecule has 0 aliphatic rings. The van der Waals surface area contributed by atoms with E-state index in [1.165, 1.54) is 54.6 Å². The van der Waals surface area contributed by atoms with E-state index in [4.69, 9.17) is 69.6 Å². The van der Waals surface area contributed by atoms with Gasteiger partial charge in [-0.25, -0.2) is 28.1 Å². The predicted molar refractivity (Wildman–Crippen MR) is 133 cm³/mol. The van der Waals surface area contributed by atoms with E-state index in [2.05, 4.69) is 0 Å². The van der Waals surface area contributed by atoms with E-state index in [0.717, 1.165) is 13.7 Å². The number of hydrogen-bond donors (Lipinski definition) is 0. The van der Waals surface area contributed by atoms with Crippen LogP contribution in [0.3, 0.4) is 0 Å². The van der Waals surface area contributed by atoms with Gasteiger partial charge in [-0.1, -0.05) is 69.6 Å². The summed E-state index contributed by atoms with van der Waals surface area (Å²) in [6, 6.07) is 12.4. The van der Waals surface area contributed by atoms with E-state index >= 15 is 0 Å². The molecule has 6 nitrogen and oxygen atoms in total. The van der Waals surface area contributed by atoms with E-state index in [0.29, 0.717) is 0 Å². The second kappa shape index (κ2) is 9.22. The van der Waals surface area contributed by atoms with Crippen molar-refractivity contribution in [1.29, 1.82) is 0 Å². The Balaban J connectivity index is 2.21. The quantitative estimate of drug-likeness (QED) is 0.304. The van der Waals surface area contributed by atoms with Gasteiger partial charge in [0.15, 0.2) is 0 Å². The lowest BCUT2D eigenvalue weighted by Crippen LogP contribution is -2.52. The molecule has 0 fully saturated rings. The van der Waals surface area contributed by atoms with Crippen LogP contribution in [0.15, 0.2) is 69.0 Å². The number of rotatable bonds is 3. The van der Waals surface area contributed by atoms with Crippen molar-refractivity contribution in [3.8, 4) is 17.1 Å². The average molecular weight is 564 g/mol. The van der Waals surface area contributed by atoms with Crippen molar-refractivity contribution in [2.75, 3.05) is 0 Å². The molecule has 12 heteroatoms. The third-order valence-corrected chi connectivity index (χ3v) is 5.77. The standard InChI is InChI=1S/C21H9Cl6N3O3/c22-10-1-11(23)5-16(4-10)28-19(31)29(17-6-12(24)2-13(25)7-17)21(33)30(20(28)32)18-8-14(26)3-15(27)9-18/h1-9H. The van der Waals surface area contributed by atoms with Gasteiger partial charge in [0.25, 0.3) is 0 Å². The summed E-state index contributed by atoms with van der Waals surface area (Å²) in [7, 11) is 0. The summed E-state index contributed by atoms with van der Waals surface area (Å²) in [5, 5.41) is 1.03. The zero-order chi connectivity index (χ0) is 24.0. The SMILES string of the molecule is O=c1n(-c2cc(Cl)cc(Cl)c2)c(=O)n(-c2cc(Cl)cc(Cl)c2)c(=O)n1-c1cc(Cl)cc(Cl)c1. The average Bonchev–Trinajstić information content (AvgIpc) is 2.65. The van der Waals surface area contributed by atoms with Crippen molar-refractivity contribution < 1.29 is 0 Å². The molecule has 0 spiro atoms. The third kappa shape index (κ3) is 4.73. The second-order valence-electron chi connectivity index (χ2n) is 6.74. The van der Waals surface area contributed by atoms with E-state index < -0.39 is 17.1 Å². The van der Waals surface area contributed by atoms with Crippen molar-refractivity contribution in [3.63, 3.8) is 0 Å². The number of halogens is 6. The molecule has 0 saturated carbocycles. The van der Waals surface area contributed by atoms with Crippen LogP contribution in [0.1, 0.15) is 0 Å². The first-order chi connectivity index (χ1) is 15.5. The molecule has 0 radical (unpaired) electrons. The first kappa shape index (κ1) is 24.0. The highest BCUT2D eigenvalue weighted by Crippen LogP contribution is 2.23. The summed E-state index contributed by atoms with van der Waals surface area (Å²) in [5.41, 5.74) is -2.88. The largest absolute Gasteiger partial charge is 0.345 e. The fourth-order valence-electron chi connectivity index (χ4n) is 3.21. The van der Waals surface area contributed by atoms with Crippen LogP contribution in [0.25, 0.3) is 17.1 Å². The van der Waals surface area contributed by atoms with Crippen molar-refractivity contribution in [1.82, 2.24) is 13.7 Å². The highest BCUT2D eigenvalue weighted by atomic mass is 35.5. The van der Waals surface area contributed by atoms with Crippen molar-refractivity contribution in [3.05, 3.63) is 116 Å². The monoisotopic (exact) mass is 561 g/mol. The van der Waals surface area contributed by atoms with E-state index in [1.54, 1.807) is 0 Å². The minimum Gasteiger partial charge on any atom is -0.246 e. The molecule has 3 aromatic carbocycles. The number of aromatic nitrogens is 3. The normalized spacial score (nSPS) is 11.1. The Kier molecular flexibility index (Phi) is 6.69. The molecule has 0 unspecified atom stereocenters. The Morgan fingerprint density at radius 3 is 0.727 bits per heavy atom. The fraction of sp³-hybridized carbons (Fsp3) is 0. The van der Waals surface area contributed by atoms with Gasteiger partial charge in [-0.2, -0.15) is 0 Å². The molecule has 0 aliphatic carbocycles. The lowest BCUT2D eigenvalue weighted by Gasteiger charge is -2.15. The van der Waals surface area contributed by atoms with Crippen LogP contribution in [0.4, 0.5) is 0 Å². The summed E-state index contributed by atoms with van der Waals surface area (Å²) >= 11 is 36.5. The van der Waals surface area contributed by atoms with Gasteiger partial charge in [-0.05, 0) is 54.6 Å². The minimum absolute atomic E-state index is 0.0336. The van der Waals surface area contributed by atoms with Crippen molar-refractivity contribution in [2.45, 2.75) is 0 Å². The molecular formula is C21H9Cl6N3O3. The molecule has 1 heterocycles. The molecule has 168 valence electrons. The van der Waals surface area contributed by atoms with Gasteiger partial charge < -0.3 is 0 Å². The highest BCUT2D eigenvalue weighted by molar-refractivity contribution is 6.36. The van der Waals surface area contributed by atoms with Gasteiger partial charge in [-0.15, -0.1) is 0 Å². The molecule has 0 amide bonds. The number of benzene rings is 3. The Morgan fingerprint density at radius 2 is 0.545 bits per heavy atom. The Morgan fingerprint density at radius 1 is 0.364 bits per heavy atom. The molecule has 0 bridgehead atoms. The van der Waals surface area contributed by atoms with Crippen LogP contribution in [0.2, 0.25) is 30.1 Å². The maximum Gasteiger partial charge on any atom is 0.345 e. The molecule has 0 saturated heterocycles. The van der Waals surface area contributed by atoms with Gasteiger partial charge in [-0.3, -0.25) is 0 Å². The molecule has 1 aromatic heterocycles. The number of hydrogen-bond acceptors (Lipinski definition) is 3. The Bertz CT molecular complexity index is 1330. The van der Waals surface area contributed by atoms with Crippen molar-refractivity contribution >= 4 is 69.6 Å². The maximum atomic E-state index is 13.5. The Labute approximate surface area is 215 Å². The fourth-order valence-corrected chi connectivity index (χ4v) is 4.76. The molecule has 0 aliphatic heterocycles. The molecule has 0 N–H and O–H groups in total. The smallest absolute Gasteiger partial charge is 0.246 e. The van der Waals surface area contributed by atoms with E-state index in [-0.39, 0.29) is 47.2 Å². The van der Waals surface area contributed by atoms with Crippen LogP contribution < -0.4 is 17.1 Å². The van der Waals surface area contributed by atoms with Gasteiger partial charge in [0.05, 0.1) is 17.1 Å². The zero-order valence-corrected chi connectivity index (χ0v) is 20.6. The topological polar surface area (TPSA) is 66.0 Å². The highest BCUT2D eigenvalue weighted by Gasteiger charge is 2.21. The van der Waals surface area contributed by atoms with Gasteiger partial charge in [0, 0.05) is 30.1 Å². The van der Waals surface area contributed by atoms with E-state index in [9.17, 15) is 14.4 Å². The summed E-state index contributed by atoms with van der Waals surface area (Å²) in [6.07, 6.45) is 0. The first-order valence-corrected chi connectivity index (χ1v) is 11.2. The van der Waals surface area contributed by atoms with Crippen LogP contribution in [0.5, 0.6) is 0 Å². The van der Waals surface area contributed by atoms with Gasteiger partial charge in [0.1, 0.15) is 0 Å². The molecule has 4 rings (SSSR count). The lowest BCUT2D eigenvalue weighted by atomic mass is 10.3. The maximum absolute atomic E-state index is 13.5. The van der Waals surface area contributed by atoms with E-state index in [1.807, 2.05) is 0 Å². The summed E-state index contributed by atoms with van der Waals surface area (Å²) in [4.78, 5) is 40.4. The van der Waals surface area contributed by atoms with Crippen LogP contribution in [0, 0.1) is 0 Å². The van der Waals surface area contributed by atoms with Crippen LogP contribution in [-0.4, -0.2) is 13.7 Å². The number of nitrogens with zero attached hydrogens (tertiary/aromatic N) is 3. The zero-order valence-electron chi connectivity index (χ0n) is 16.0. The first-order valence-electron chi connectivity index (χ1n) is 8.95. The molecule has 4 aromatic rings. The van der Waals surface area contributed by atoms with Crippen LogP contribution in [-0.2, 0) is 0 Å².